The standard InChI is InChI=1S/C24H27N3O3S/c1-2-6-22(7-3-1)29-17-18-31-19-23-25-26-24(30-23)21-10-8-20(9-11-21)5-4-12-27-13-15-28-16-14-27/h1-11H,12-19H2. The van der Waals surface area contributed by atoms with E-state index in [1.54, 1.807) is 11.8 Å². The maximum absolute atomic E-state index is 5.81. The number of para-hydroxylation sites is 1. The highest BCUT2D eigenvalue weighted by molar-refractivity contribution is 7.98. The topological polar surface area (TPSA) is 60.6 Å². The Morgan fingerprint density at radius 1 is 1.00 bits per heavy atom. The van der Waals surface area contributed by atoms with E-state index in [-0.39, 0.29) is 0 Å². The van der Waals surface area contributed by atoms with Gasteiger partial charge in [-0.25, -0.2) is 0 Å². The summed E-state index contributed by atoms with van der Waals surface area (Å²) in [4.78, 5) is 2.39. The van der Waals surface area contributed by atoms with Crippen LogP contribution in [0.3, 0.4) is 0 Å². The molecule has 1 saturated heterocycles. The van der Waals surface area contributed by atoms with Crippen molar-refractivity contribution in [2.75, 3.05) is 45.2 Å². The molecule has 0 bridgehead atoms. The number of ether oxygens (including phenoxy) is 2. The minimum atomic E-state index is 0.556. The summed E-state index contributed by atoms with van der Waals surface area (Å²) in [5, 5.41) is 8.35. The monoisotopic (exact) mass is 437 g/mol. The molecule has 0 saturated carbocycles. The summed E-state index contributed by atoms with van der Waals surface area (Å²) >= 11 is 1.72. The Morgan fingerprint density at radius 2 is 1.81 bits per heavy atom. The quantitative estimate of drug-likeness (QED) is 0.436. The van der Waals surface area contributed by atoms with Crippen LogP contribution in [0, 0.1) is 0 Å². The van der Waals surface area contributed by atoms with Crippen molar-refractivity contribution in [3.8, 4) is 17.2 Å². The van der Waals surface area contributed by atoms with Crippen LogP contribution in [0.1, 0.15) is 11.5 Å². The molecule has 0 atom stereocenters. The van der Waals surface area contributed by atoms with E-state index in [1.807, 2.05) is 42.5 Å². The van der Waals surface area contributed by atoms with Gasteiger partial charge in [0.25, 0.3) is 0 Å². The molecule has 0 unspecified atom stereocenters. The zero-order valence-corrected chi connectivity index (χ0v) is 18.3. The van der Waals surface area contributed by atoms with Crippen LogP contribution in [0.4, 0.5) is 0 Å². The molecule has 162 valence electrons. The van der Waals surface area contributed by atoms with Gasteiger partial charge in [-0.15, -0.1) is 22.0 Å². The van der Waals surface area contributed by atoms with Gasteiger partial charge < -0.3 is 13.9 Å². The van der Waals surface area contributed by atoms with E-state index in [2.05, 4.69) is 39.4 Å². The lowest BCUT2D eigenvalue weighted by molar-refractivity contribution is 0.0435. The summed E-state index contributed by atoms with van der Waals surface area (Å²) in [7, 11) is 0. The molecule has 1 aromatic heterocycles. The number of thioether (sulfide) groups is 1. The SMILES string of the molecule is C(=Cc1ccc(-c2nnc(CSCCOc3ccccc3)o2)cc1)CN1CCOCC1. The number of hydrogen-bond acceptors (Lipinski definition) is 7. The van der Waals surface area contributed by atoms with Crippen LogP contribution in [0.15, 0.2) is 65.1 Å². The van der Waals surface area contributed by atoms with E-state index in [0.717, 1.165) is 55.5 Å². The molecule has 1 aliphatic rings. The summed E-state index contributed by atoms with van der Waals surface area (Å²) < 4.78 is 16.9. The van der Waals surface area contributed by atoms with Gasteiger partial charge in [0.05, 0.1) is 25.6 Å². The largest absolute Gasteiger partial charge is 0.493 e. The Labute approximate surface area is 187 Å². The molecular formula is C24H27N3O3S. The number of rotatable bonds is 10. The van der Waals surface area contributed by atoms with Crippen molar-refractivity contribution in [2.24, 2.45) is 0 Å². The van der Waals surface area contributed by atoms with Gasteiger partial charge in [0.1, 0.15) is 5.75 Å². The smallest absolute Gasteiger partial charge is 0.247 e. The van der Waals surface area contributed by atoms with E-state index < -0.39 is 0 Å². The predicted molar refractivity (Wildman–Crippen MR) is 124 cm³/mol. The van der Waals surface area contributed by atoms with Gasteiger partial charge in [0, 0.05) is 31.0 Å². The third-order valence-corrected chi connectivity index (χ3v) is 5.77. The third-order valence-electron chi connectivity index (χ3n) is 4.87. The molecular weight excluding hydrogens is 410 g/mol. The molecule has 2 aromatic carbocycles. The van der Waals surface area contributed by atoms with Crippen molar-refractivity contribution >= 4 is 17.8 Å². The fourth-order valence-electron chi connectivity index (χ4n) is 3.18. The number of benzene rings is 2. The molecule has 0 amide bonds. The maximum Gasteiger partial charge on any atom is 0.247 e. The second kappa shape index (κ2) is 11.7. The van der Waals surface area contributed by atoms with Crippen LogP contribution in [-0.2, 0) is 10.5 Å². The lowest BCUT2D eigenvalue weighted by Gasteiger charge is -2.25. The zero-order chi connectivity index (χ0) is 21.1. The first-order chi connectivity index (χ1) is 15.4. The molecule has 3 aromatic rings. The molecule has 2 heterocycles. The average molecular weight is 438 g/mol. The van der Waals surface area contributed by atoms with Gasteiger partial charge in [0.15, 0.2) is 0 Å². The summed E-state index contributed by atoms with van der Waals surface area (Å²) in [6.45, 7) is 5.26. The summed E-state index contributed by atoms with van der Waals surface area (Å²) in [6, 6.07) is 18.0. The van der Waals surface area contributed by atoms with Crippen molar-refractivity contribution in [3.63, 3.8) is 0 Å². The van der Waals surface area contributed by atoms with Crippen LogP contribution < -0.4 is 4.74 Å². The lowest BCUT2D eigenvalue weighted by Crippen LogP contribution is -2.36. The van der Waals surface area contributed by atoms with Crippen LogP contribution in [0.2, 0.25) is 0 Å². The second-order valence-corrected chi connectivity index (χ2v) is 8.26. The maximum atomic E-state index is 5.81. The number of morpholine rings is 1. The molecule has 4 rings (SSSR count). The number of aromatic nitrogens is 2. The van der Waals surface area contributed by atoms with Crippen molar-refractivity contribution in [1.82, 2.24) is 15.1 Å². The number of hydrogen-bond donors (Lipinski definition) is 0. The van der Waals surface area contributed by atoms with Crippen LogP contribution in [-0.4, -0.2) is 60.3 Å². The highest BCUT2D eigenvalue weighted by Crippen LogP contribution is 2.21. The Balaban J connectivity index is 1.20. The zero-order valence-electron chi connectivity index (χ0n) is 17.5. The molecule has 0 N–H and O–H groups in total. The Morgan fingerprint density at radius 3 is 2.61 bits per heavy atom. The van der Waals surface area contributed by atoms with Gasteiger partial charge in [-0.05, 0) is 29.8 Å². The van der Waals surface area contributed by atoms with Crippen LogP contribution in [0.25, 0.3) is 17.5 Å². The number of nitrogens with zero attached hydrogens (tertiary/aromatic N) is 3. The molecule has 1 fully saturated rings. The van der Waals surface area contributed by atoms with E-state index >= 15 is 0 Å². The fraction of sp³-hybridized carbons (Fsp3) is 0.333. The minimum absolute atomic E-state index is 0.556. The van der Waals surface area contributed by atoms with E-state index in [0.29, 0.717) is 24.1 Å². The summed E-state index contributed by atoms with van der Waals surface area (Å²) in [5.41, 5.74) is 2.09. The highest BCUT2D eigenvalue weighted by Gasteiger charge is 2.09. The fourth-order valence-corrected chi connectivity index (χ4v) is 3.82. The van der Waals surface area contributed by atoms with Gasteiger partial charge in [-0.2, -0.15) is 0 Å². The first-order valence-electron chi connectivity index (χ1n) is 10.5. The normalized spacial score (nSPS) is 14.8. The van der Waals surface area contributed by atoms with Crippen LogP contribution in [0.5, 0.6) is 5.75 Å². The lowest BCUT2D eigenvalue weighted by atomic mass is 10.1. The molecule has 31 heavy (non-hydrogen) atoms. The summed E-state index contributed by atoms with van der Waals surface area (Å²) in [5.74, 6) is 3.61. The van der Waals surface area contributed by atoms with Gasteiger partial charge >= 0.3 is 0 Å². The third kappa shape index (κ3) is 6.95. The predicted octanol–water partition coefficient (Wildman–Crippen LogP) is 4.39. The molecule has 7 heteroatoms. The molecule has 0 spiro atoms. The second-order valence-electron chi connectivity index (χ2n) is 7.15. The van der Waals surface area contributed by atoms with Crippen molar-refractivity contribution < 1.29 is 13.9 Å². The first-order valence-corrected chi connectivity index (χ1v) is 11.7. The molecule has 1 aliphatic heterocycles. The first kappa shape index (κ1) is 21.6. The van der Waals surface area contributed by atoms with Crippen molar-refractivity contribution in [1.29, 1.82) is 0 Å². The van der Waals surface area contributed by atoms with Gasteiger partial charge in [0.2, 0.25) is 11.8 Å². The van der Waals surface area contributed by atoms with E-state index in [1.165, 1.54) is 0 Å². The summed E-state index contributed by atoms with van der Waals surface area (Å²) in [6.07, 6.45) is 4.34. The van der Waals surface area contributed by atoms with Crippen molar-refractivity contribution in [3.05, 3.63) is 72.1 Å². The van der Waals surface area contributed by atoms with Gasteiger partial charge in [-0.3, -0.25) is 4.90 Å². The Bertz CT molecular complexity index is 938. The minimum Gasteiger partial charge on any atom is -0.493 e. The molecule has 0 radical (unpaired) electrons. The van der Waals surface area contributed by atoms with E-state index in [9.17, 15) is 0 Å². The molecule has 0 aliphatic carbocycles. The van der Waals surface area contributed by atoms with E-state index in [4.69, 9.17) is 13.9 Å². The molecule has 6 nitrogen and oxygen atoms in total. The Kier molecular flexibility index (Phi) is 8.15. The van der Waals surface area contributed by atoms with Crippen LogP contribution >= 0.6 is 11.8 Å². The van der Waals surface area contributed by atoms with Gasteiger partial charge in [-0.1, -0.05) is 42.5 Å². The Hall–Kier alpha value is -2.61. The average Bonchev–Trinajstić information content (AvgIpc) is 3.30. The van der Waals surface area contributed by atoms with Crippen molar-refractivity contribution in [2.45, 2.75) is 5.75 Å². The highest BCUT2D eigenvalue weighted by atomic mass is 32.2.